The zero-order chi connectivity index (χ0) is 16.1. The van der Waals surface area contributed by atoms with E-state index in [9.17, 15) is 4.79 Å². The van der Waals surface area contributed by atoms with Crippen LogP contribution in [0.4, 0.5) is 0 Å². The maximum absolute atomic E-state index is 12.5. The smallest absolute Gasteiger partial charge is 0.255 e. The van der Waals surface area contributed by atoms with Crippen molar-refractivity contribution in [3.8, 4) is 5.82 Å². The number of pyridine rings is 1. The molecule has 122 valence electrons. The lowest BCUT2D eigenvalue weighted by molar-refractivity contribution is 0.0594. The number of ether oxygens (including phenoxy) is 1. The zero-order valence-corrected chi connectivity index (χ0v) is 13.3. The summed E-state index contributed by atoms with van der Waals surface area (Å²) < 4.78 is 6.90. The Kier molecular flexibility index (Phi) is 4.99. The fourth-order valence-corrected chi connectivity index (χ4v) is 2.64. The van der Waals surface area contributed by atoms with Gasteiger partial charge in [0.1, 0.15) is 12.1 Å². The highest BCUT2D eigenvalue weighted by atomic mass is 16.5. The van der Waals surface area contributed by atoms with Gasteiger partial charge in [-0.2, -0.15) is 0 Å². The molecule has 3 rings (SSSR count). The van der Waals surface area contributed by atoms with E-state index in [0.29, 0.717) is 5.56 Å². The molecule has 1 saturated heterocycles. The summed E-state index contributed by atoms with van der Waals surface area (Å²) in [6.07, 6.45) is 6.84. The van der Waals surface area contributed by atoms with Crippen LogP contribution in [0.1, 0.15) is 10.4 Å². The van der Waals surface area contributed by atoms with Crippen LogP contribution in [0.3, 0.4) is 0 Å². The Morgan fingerprint density at radius 3 is 2.70 bits per heavy atom. The normalized spacial score (nSPS) is 15.8. The van der Waals surface area contributed by atoms with Gasteiger partial charge in [-0.05, 0) is 12.1 Å². The molecule has 0 N–H and O–H groups in total. The molecular weight excluding hydrogens is 294 g/mol. The average molecular weight is 315 g/mol. The van der Waals surface area contributed by atoms with Crippen molar-refractivity contribution < 1.29 is 9.53 Å². The predicted molar refractivity (Wildman–Crippen MR) is 85.6 cm³/mol. The molecule has 0 saturated carbocycles. The lowest BCUT2D eigenvalue weighted by Crippen LogP contribution is -2.49. The number of aromatic nitrogens is 3. The van der Waals surface area contributed by atoms with Gasteiger partial charge in [-0.15, -0.1) is 0 Å². The first-order valence-electron chi connectivity index (χ1n) is 7.73. The van der Waals surface area contributed by atoms with Crippen LogP contribution >= 0.6 is 0 Å². The summed E-state index contributed by atoms with van der Waals surface area (Å²) in [5.41, 5.74) is 0.624. The number of carbonyl (C=O) groups is 1. The van der Waals surface area contributed by atoms with Gasteiger partial charge < -0.3 is 9.64 Å². The third-order valence-electron chi connectivity index (χ3n) is 4.03. The Hall–Kier alpha value is -2.25. The highest BCUT2D eigenvalue weighted by Gasteiger charge is 2.22. The van der Waals surface area contributed by atoms with Crippen molar-refractivity contribution >= 4 is 5.91 Å². The van der Waals surface area contributed by atoms with E-state index in [0.717, 1.165) is 45.1 Å². The lowest BCUT2D eigenvalue weighted by Gasteiger charge is -2.34. The molecule has 0 aromatic carbocycles. The summed E-state index contributed by atoms with van der Waals surface area (Å²) in [5.74, 6) is 0.796. The maximum Gasteiger partial charge on any atom is 0.255 e. The van der Waals surface area contributed by atoms with Gasteiger partial charge in [-0.1, -0.05) is 0 Å². The van der Waals surface area contributed by atoms with Crippen LogP contribution in [0.5, 0.6) is 0 Å². The molecule has 23 heavy (non-hydrogen) atoms. The Morgan fingerprint density at radius 1 is 1.26 bits per heavy atom. The van der Waals surface area contributed by atoms with Crippen LogP contribution < -0.4 is 0 Å². The number of hydrogen-bond acceptors (Lipinski definition) is 5. The van der Waals surface area contributed by atoms with Gasteiger partial charge in [0.05, 0.1) is 12.2 Å². The standard InChI is InChI=1S/C16H21N5O2/c1-23-11-10-19-6-8-20(9-7-19)16(22)14-2-3-15(18-12-14)21-5-4-17-13-21/h2-5,12-13H,6-11H2,1H3. The minimum atomic E-state index is 0.0427. The summed E-state index contributed by atoms with van der Waals surface area (Å²) in [4.78, 5) is 25.1. The highest BCUT2D eigenvalue weighted by molar-refractivity contribution is 5.94. The van der Waals surface area contributed by atoms with Gasteiger partial charge >= 0.3 is 0 Å². The Balaban J connectivity index is 1.58. The first-order valence-corrected chi connectivity index (χ1v) is 7.73. The molecule has 0 unspecified atom stereocenters. The van der Waals surface area contributed by atoms with E-state index in [1.165, 1.54) is 0 Å². The predicted octanol–water partition coefficient (Wildman–Crippen LogP) is 0.671. The van der Waals surface area contributed by atoms with E-state index in [-0.39, 0.29) is 5.91 Å². The third-order valence-corrected chi connectivity index (χ3v) is 4.03. The van der Waals surface area contributed by atoms with E-state index in [1.807, 2.05) is 27.8 Å². The molecule has 1 aliphatic heterocycles. The summed E-state index contributed by atoms with van der Waals surface area (Å²) in [6, 6.07) is 3.66. The molecule has 0 spiro atoms. The molecule has 7 nitrogen and oxygen atoms in total. The molecule has 2 aromatic rings. The molecule has 1 aliphatic rings. The van der Waals surface area contributed by atoms with E-state index in [2.05, 4.69) is 14.9 Å². The minimum Gasteiger partial charge on any atom is -0.383 e. The molecule has 0 aliphatic carbocycles. The molecule has 0 atom stereocenters. The summed E-state index contributed by atoms with van der Waals surface area (Å²) in [5, 5.41) is 0. The molecule has 0 bridgehead atoms. The second-order valence-corrected chi connectivity index (χ2v) is 5.50. The van der Waals surface area contributed by atoms with Crippen LogP contribution in [0.2, 0.25) is 0 Å². The summed E-state index contributed by atoms with van der Waals surface area (Å²) in [6.45, 7) is 4.90. The number of carbonyl (C=O) groups excluding carboxylic acids is 1. The first kappa shape index (κ1) is 15.6. The molecule has 3 heterocycles. The van der Waals surface area contributed by atoms with Crippen LogP contribution in [0, 0.1) is 0 Å². The maximum atomic E-state index is 12.5. The number of imidazole rings is 1. The second kappa shape index (κ2) is 7.34. The van der Waals surface area contributed by atoms with Gasteiger partial charge in [0, 0.05) is 58.4 Å². The largest absolute Gasteiger partial charge is 0.383 e. The highest BCUT2D eigenvalue weighted by Crippen LogP contribution is 2.10. The number of hydrogen-bond donors (Lipinski definition) is 0. The van der Waals surface area contributed by atoms with E-state index >= 15 is 0 Å². The lowest BCUT2D eigenvalue weighted by atomic mass is 10.2. The van der Waals surface area contributed by atoms with Crippen molar-refractivity contribution in [1.82, 2.24) is 24.3 Å². The summed E-state index contributed by atoms with van der Waals surface area (Å²) in [7, 11) is 1.71. The molecule has 2 aromatic heterocycles. The molecule has 7 heteroatoms. The van der Waals surface area contributed by atoms with Crippen molar-refractivity contribution in [2.45, 2.75) is 0 Å². The molecular formula is C16H21N5O2. The van der Waals surface area contributed by atoms with Gasteiger partial charge in [0.2, 0.25) is 0 Å². The van der Waals surface area contributed by atoms with Crippen LogP contribution in [0.25, 0.3) is 5.82 Å². The monoisotopic (exact) mass is 315 g/mol. The summed E-state index contributed by atoms with van der Waals surface area (Å²) >= 11 is 0. The number of methoxy groups -OCH3 is 1. The SMILES string of the molecule is COCCN1CCN(C(=O)c2ccc(-n3ccnc3)nc2)CC1. The van der Waals surface area contributed by atoms with Crippen molar-refractivity contribution in [2.24, 2.45) is 0 Å². The quantitative estimate of drug-likeness (QED) is 0.811. The zero-order valence-electron chi connectivity index (χ0n) is 13.3. The topological polar surface area (TPSA) is 63.5 Å². The van der Waals surface area contributed by atoms with Gasteiger partial charge in [-0.25, -0.2) is 9.97 Å². The Morgan fingerprint density at radius 2 is 2.09 bits per heavy atom. The van der Waals surface area contributed by atoms with Crippen molar-refractivity contribution in [3.05, 3.63) is 42.6 Å². The second-order valence-electron chi connectivity index (χ2n) is 5.50. The Bertz CT molecular complexity index is 618. The van der Waals surface area contributed by atoms with E-state index < -0.39 is 0 Å². The van der Waals surface area contributed by atoms with Gasteiger partial charge in [0.25, 0.3) is 5.91 Å². The molecule has 1 fully saturated rings. The number of rotatable bonds is 5. The number of piperazine rings is 1. The van der Waals surface area contributed by atoms with Gasteiger partial charge in [0.15, 0.2) is 0 Å². The fourth-order valence-electron chi connectivity index (χ4n) is 2.64. The number of amides is 1. The molecule has 0 radical (unpaired) electrons. The van der Waals surface area contributed by atoms with E-state index in [1.54, 1.807) is 25.8 Å². The van der Waals surface area contributed by atoms with Gasteiger partial charge in [-0.3, -0.25) is 14.3 Å². The van der Waals surface area contributed by atoms with Crippen LogP contribution in [-0.2, 0) is 4.74 Å². The Labute approximate surface area is 135 Å². The molecule has 1 amide bonds. The van der Waals surface area contributed by atoms with Crippen LogP contribution in [0.15, 0.2) is 37.1 Å². The minimum absolute atomic E-state index is 0.0427. The van der Waals surface area contributed by atoms with Crippen molar-refractivity contribution in [3.63, 3.8) is 0 Å². The van der Waals surface area contributed by atoms with Crippen molar-refractivity contribution in [1.29, 1.82) is 0 Å². The average Bonchev–Trinajstić information content (AvgIpc) is 3.14. The van der Waals surface area contributed by atoms with Crippen LogP contribution in [-0.4, -0.2) is 76.7 Å². The number of nitrogens with zero attached hydrogens (tertiary/aromatic N) is 5. The van der Waals surface area contributed by atoms with E-state index in [4.69, 9.17) is 4.74 Å². The third kappa shape index (κ3) is 3.75. The first-order chi connectivity index (χ1) is 11.3. The van der Waals surface area contributed by atoms with Crippen molar-refractivity contribution in [2.75, 3.05) is 46.4 Å². The fraction of sp³-hybridized carbons (Fsp3) is 0.438.